The van der Waals surface area contributed by atoms with Crippen LogP contribution in [0.5, 0.6) is 0 Å². The topological polar surface area (TPSA) is 59.3 Å². The van der Waals surface area contributed by atoms with Crippen molar-refractivity contribution in [3.63, 3.8) is 0 Å². The van der Waals surface area contributed by atoms with Gasteiger partial charge in [-0.2, -0.15) is 5.10 Å². The van der Waals surface area contributed by atoms with Crippen molar-refractivity contribution in [2.75, 3.05) is 6.54 Å². The molecule has 0 bridgehead atoms. The number of nitrogens with zero attached hydrogens (tertiary/aromatic N) is 3. The Bertz CT molecular complexity index is 845. The first kappa shape index (κ1) is 15.2. The molecule has 0 unspecified atom stereocenters. The summed E-state index contributed by atoms with van der Waals surface area (Å²) in [4.78, 5) is 16.4. The second-order valence-corrected chi connectivity index (χ2v) is 6.80. The lowest BCUT2D eigenvalue weighted by Crippen LogP contribution is -2.32. The van der Waals surface area contributed by atoms with Gasteiger partial charge in [0.25, 0.3) is 5.91 Å². The highest BCUT2D eigenvalue weighted by Crippen LogP contribution is 2.21. The molecule has 0 atom stereocenters. The predicted molar refractivity (Wildman–Crippen MR) is 90.2 cm³/mol. The Morgan fingerprint density at radius 1 is 1.17 bits per heavy atom. The highest BCUT2D eigenvalue weighted by molar-refractivity contribution is 5.95. The lowest BCUT2D eigenvalue weighted by molar-refractivity contribution is 0.0939. The van der Waals surface area contributed by atoms with Gasteiger partial charge in [0.15, 0.2) is 5.65 Å². The van der Waals surface area contributed by atoms with Crippen LogP contribution in [0.3, 0.4) is 0 Å². The van der Waals surface area contributed by atoms with E-state index >= 15 is 0 Å². The molecular formula is C18H20N4O. The average Bonchev–Trinajstić information content (AvgIpc) is 2.99. The molecule has 2 heterocycles. The highest BCUT2D eigenvalue weighted by Gasteiger charge is 2.13. The van der Waals surface area contributed by atoms with Gasteiger partial charge in [-0.15, -0.1) is 0 Å². The molecule has 0 aliphatic rings. The zero-order chi connectivity index (χ0) is 16.4. The van der Waals surface area contributed by atoms with Crippen LogP contribution in [-0.2, 0) is 0 Å². The number of fused-ring (bicyclic) bond motifs is 1. The van der Waals surface area contributed by atoms with Gasteiger partial charge in [0.2, 0.25) is 0 Å². The SMILES string of the molecule is CC(C)(C)CNC(=O)c1cccc(-c2ccc3ncnn3c2)c1. The predicted octanol–water partition coefficient (Wildman–Crippen LogP) is 3.17. The number of nitrogens with one attached hydrogen (secondary N) is 1. The van der Waals surface area contributed by atoms with Crippen molar-refractivity contribution in [1.29, 1.82) is 0 Å². The van der Waals surface area contributed by atoms with Crippen LogP contribution in [0.25, 0.3) is 16.8 Å². The lowest BCUT2D eigenvalue weighted by Gasteiger charge is -2.18. The normalized spacial score (nSPS) is 11.6. The van der Waals surface area contributed by atoms with E-state index in [1.54, 1.807) is 4.52 Å². The molecule has 5 nitrogen and oxygen atoms in total. The Labute approximate surface area is 135 Å². The third-order valence-electron chi connectivity index (χ3n) is 3.51. The van der Waals surface area contributed by atoms with Gasteiger partial charge in [-0.05, 0) is 35.2 Å². The summed E-state index contributed by atoms with van der Waals surface area (Å²) >= 11 is 0. The number of carbonyl (C=O) groups excluding carboxylic acids is 1. The van der Waals surface area contributed by atoms with Gasteiger partial charge in [-0.1, -0.05) is 32.9 Å². The van der Waals surface area contributed by atoms with Gasteiger partial charge in [0, 0.05) is 23.9 Å². The van der Waals surface area contributed by atoms with E-state index in [-0.39, 0.29) is 11.3 Å². The van der Waals surface area contributed by atoms with Crippen LogP contribution in [0.1, 0.15) is 31.1 Å². The van der Waals surface area contributed by atoms with E-state index in [4.69, 9.17) is 0 Å². The quantitative estimate of drug-likeness (QED) is 0.808. The minimum absolute atomic E-state index is 0.0522. The number of hydrogen-bond donors (Lipinski definition) is 1. The molecule has 3 aromatic rings. The minimum atomic E-state index is -0.0522. The Balaban J connectivity index is 1.85. The number of amides is 1. The fraction of sp³-hybridized carbons (Fsp3) is 0.278. The Hall–Kier alpha value is -2.69. The molecule has 118 valence electrons. The molecule has 1 aromatic carbocycles. The Morgan fingerprint density at radius 2 is 2.00 bits per heavy atom. The molecule has 0 radical (unpaired) electrons. The fourth-order valence-corrected chi connectivity index (χ4v) is 2.28. The summed E-state index contributed by atoms with van der Waals surface area (Å²) < 4.78 is 1.72. The molecule has 5 heteroatoms. The van der Waals surface area contributed by atoms with Gasteiger partial charge in [0.1, 0.15) is 6.33 Å². The summed E-state index contributed by atoms with van der Waals surface area (Å²) in [6.07, 6.45) is 3.43. The van der Waals surface area contributed by atoms with E-state index < -0.39 is 0 Å². The summed E-state index contributed by atoms with van der Waals surface area (Å²) in [5, 5.41) is 7.12. The zero-order valence-electron chi connectivity index (χ0n) is 13.6. The van der Waals surface area contributed by atoms with E-state index in [9.17, 15) is 4.79 Å². The van der Waals surface area contributed by atoms with Gasteiger partial charge < -0.3 is 5.32 Å². The number of aromatic nitrogens is 3. The first-order valence-corrected chi connectivity index (χ1v) is 7.60. The van der Waals surface area contributed by atoms with Gasteiger partial charge >= 0.3 is 0 Å². The summed E-state index contributed by atoms with van der Waals surface area (Å²) in [6.45, 7) is 6.92. The largest absolute Gasteiger partial charge is 0.352 e. The Kier molecular flexibility index (Phi) is 3.86. The molecule has 3 rings (SSSR count). The number of pyridine rings is 1. The molecule has 0 spiro atoms. The van der Waals surface area contributed by atoms with Crippen molar-refractivity contribution in [3.8, 4) is 11.1 Å². The molecule has 1 amide bonds. The number of benzene rings is 1. The number of carbonyl (C=O) groups is 1. The maximum absolute atomic E-state index is 12.3. The second-order valence-electron chi connectivity index (χ2n) is 6.80. The maximum atomic E-state index is 12.3. The van der Waals surface area contributed by atoms with Crippen LogP contribution in [0.15, 0.2) is 48.9 Å². The summed E-state index contributed by atoms with van der Waals surface area (Å²) in [5.74, 6) is -0.0522. The van der Waals surface area contributed by atoms with Crippen LogP contribution < -0.4 is 5.32 Å². The van der Waals surface area contributed by atoms with E-state index in [0.717, 1.165) is 16.8 Å². The first-order valence-electron chi connectivity index (χ1n) is 7.60. The van der Waals surface area contributed by atoms with Crippen molar-refractivity contribution in [2.24, 2.45) is 5.41 Å². The van der Waals surface area contributed by atoms with Gasteiger partial charge in [0.05, 0.1) is 0 Å². The van der Waals surface area contributed by atoms with Crippen molar-refractivity contribution in [3.05, 3.63) is 54.5 Å². The van der Waals surface area contributed by atoms with E-state index in [2.05, 4.69) is 36.2 Å². The molecule has 0 aliphatic heterocycles. The van der Waals surface area contributed by atoms with Crippen molar-refractivity contribution >= 4 is 11.6 Å². The molecule has 2 aromatic heterocycles. The monoisotopic (exact) mass is 308 g/mol. The Morgan fingerprint density at radius 3 is 2.78 bits per heavy atom. The molecule has 23 heavy (non-hydrogen) atoms. The number of rotatable bonds is 3. The number of hydrogen-bond acceptors (Lipinski definition) is 3. The van der Waals surface area contributed by atoms with Crippen LogP contribution in [0.4, 0.5) is 0 Å². The molecule has 0 fully saturated rings. The standard InChI is InChI=1S/C18H20N4O/c1-18(2,3)11-19-17(23)14-6-4-5-13(9-14)15-7-8-16-20-12-21-22(16)10-15/h4-10,12H,11H2,1-3H3,(H,19,23). The highest BCUT2D eigenvalue weighted by atomic mass is 16.1. The molecule has 1 N–H and O–H groups in total. The smallest absolute Gasteiger partial charge is 0.251 e. The second kappa shape index (κ2) is 5.83. The summed E-state index contributed by atoms with van der Waals surface area (Å²) in [6, 6.07) is 11.5. The first-order chi connectivity index (χ1) is 10.9. The lowest BCUT2D eigenvalue weighted by atomic mass is 9.96. The van der Waals surface area contributed by atoms with Crippen LogP contribution in [-0.4, -0.2) is 27.0 Å². The van der Waals surface area contributed by atoms with Gasteiger partial charge in [-0.3, -0.25) is 4.79 Å². The third-order valence-corrected chi connectivity index (χ3v) is 3.51. The zero-order valence-corrected chi connectivity index (χ0v) is 13.6. The minimum Gasteiger partial charge on any atom is -0.352 e. The van der Waals surface area contributed by atoms with Crippen molar-refractivity contribution in [1.82, 2.24) is 19.9 Å². The molecule has 0 saturated carbocycles. The average molecular weight is 308 g/mol. The van der Waals surface area contributed by atoms with E-state index in [1.165, 1.54) is 6.33 Å². The molecule has 0 saturated heterocycles. The van der Waals surface area contributed by atoms with Crippen LogP contribution in [0, 0.1) is 5.41 Å². The van der Waals surface area contributed by atoms with E-state index in [1.807, 2.05) is 42.6 Å². The van der Waals surface area contributed by atoms with Crippen molar-refractivity contribution < 1.29 is 4.79 Å². The van der Waals surface area contributed by atoms with Gasteiger partial charge in [-0.25, -0.2) is 9.50 Å². The third kappa shape index (κ3) is 3.56. The van der Waals surface area contributed by atoms with Crippen LogP contribution >= 0.6 is 0 Å². The molecular weight excluding hydrogens is 288 g/mol. The maximum Gasteiger partial charge on any atom is 0.251 e. The van der Waals surface area contributed by atoms with E-state index in [0.29, 0.717) is 12.1 Å². The summed E-state index contributed by atoms with van der Waals surface area (Å²) in [5.41, 5.74) is 3.49. The van der Waals surface area contributed by atoms with Crippen LogP contribution in [0.2, 0.25) is 0 Å². The fourth-order valence-electron chi connectivity index (χ4n) is 2.28. The molecule has 0 aliphatic carbocycles. The van der Waals surface area contributed by atoms with Crippen molar-refractivity contribution in [2.45, 2.75) is 20.8 Å². The summed E-state index contributed by atoms with van der Waals surface area (Å²) in [7, 11) is 0.